The van der Waals surface area contributed by atoms with Gasteiger partial charge in [-0.25, -0.2) is 4.79 Å². The molecule has 0 aliphatic rings. The first-order chi connectivity index (χ1) is 8.82. The SMILES string of the molecule is CC(C)CC(NC(N)=O)C(=O)NCCCCC(=O)O. The Morgan fingerprint density at radius 1 is 1.21 bits per heavy atom. The number of carbonyl (C=O) groups excluding carboxylic acids is 2. The highest BCUT2D eigenvalue weighted by Crippen LogP contribution is 2.05. The Morgan fingerprint density at radius 2 is 1.84 bits per heavy atom. The van der Waals surface area contributed by atoms with Gasteiger partial charge in [-0.15, -0.1) is 0 Å². The van der Waals surface area contributed by atoms with Crippen molar-refractivity contribution in [3.63, 3.8) is 0 Å². The molecular weight excluding hydrogens is 250 g/mol. The number of carboxylic acid groups (broad SMARTS) is 1. The van der Waals surface area contributed by atoms with E-state index in [0.29, 0.717) is 25.8 Å². The van der Waals surface area contributed by atoms with Gasteiger partial charge < -0.3 is 21.5 Å². The minimum atomic E-state index is -0.848. The quantitative estimate of drug-likeness (QED) is 0.455. The molecule has 7 nitrogen and oxygen atoms in total. The number of nitrogens with one attached hydrogen (secondary N) is 2. The third-order valence-electron chi connectivity index (χ3n) is 2.46. The Bertz CT molecular complexity index is 318. The molecule has 0 radical (unpaired) electrons. The summed E-state index contributed by atoms with van der Waals surface area (Å²) in [4.78, 5) is 32.9. The third-order valence-corrected chi connectivity index (χ3v) is 2.46. The zero-order chi connectivity index (χ0) is 14.8. The molecule has 0 aromatic rings. The summed E-state index contributed by atoms with van der Waals surface area (Å²) in [5.74, 6) is -0.892. The lowest BCUT2D eigenvalue weighted by Gasteiger charge is -2.19. The minimum Gasteiger partial charge on any atom is -0.481 e. The summed E-state index contributed by atoms with van der Waals surface area (Å²) in [6.07, 6.45) is 1.69. The van der Waals surface area contributed by atoms with Gasteiger partial charge in [-0.2, -0.15) is 0 Å². The van der Waals surface area contributed by atoms with Gasteiger partial charge in [0.15, 0.2) is 0 Å². The van der Waals surface area contributed by atoms with Crippen LogP contribution in [0.15, 0.2) is 0 Å². The van der Waals surface area contributed by atoms with Crippen LogP contribution in [0.2, 0.25) is 0 Å². The fourth-order valence-electron chi connectivity index (χ4n) is 1.61. The smallest absolute Gasteiger partial charge is 0.312 e. The van der Waals surface area contributed by atoms with Crippen LogP contribution in [0.5, 0.6) is 0 Å². The van der Waals surface area contributed by atoms with Crippen molar-refractivity contribution in [1.82, 2.24) is 10.6 Å². The van der Waals surface area contributed by atoms with E-state index in [2.05, 4.69) is 10.6 Å². The maximum atomic E-state index is 11.8. The van der Waals surface area contributed by atoms with Gasteiger partial charge in [-0.1, -0.05) is 13.8 Å². The van der Waals surface area contributed by atoms with Crippen molar-refractivity contribution in [2.75, 3.05) is 6.54 Å². The molecule has 0 spiro atoms. The van der Waals surface area contributed by atoms with E-state index in [4.69, 9.17) is 10.8 Å². The van der Waals surface area contributed by atoms with E-state index in [9.17, 15) is 14.4 Å². The van der Waals surface area contributed by atoms with Crippen molar-refractivity contribution in [2.24, 2.45) is 11.7 Å². The van der Waals surface area contributed by atoms with E-state index in [1.165, 1.54) is 0 Å². The maximum Gasteiger partial charge on any atom is 0.312 e. The van der Waals surface area contributed by atoms with Gasteiger partial charge in [0.1, 0.15) is 6.04 Å². The molecule has 110 valence electrons. The molecule has 0 aromatic heterocycles. The average Bonchev–Trinajstić information content (AvgIpc) is 2.25. The molecule has 0 rings (SSSR count). The highest BCUT2D eigenvalue weighted by molar-refractivity contribution is 5.86. The lowest BCUT2D eigenvalue weighted by molar-refractivity contribution is -0.137. The summed E-state index contributed by atoms with van der Waals surface area (Å²) in [6, 6.07) is -1.37. The first-order valence-electron chi connectivity index (χ1n) is 6.38. The number of hydrogen-bond acceptors (Lipinski definition) is 3. The van der Waals surface area contributed by atoms with Crippen LogP contribution in [0.3, 0.4) is 0 Å². The van der Waals surface area contributed by atoms with Crippen molar-refractivity contribution in [3.05, 3.63) is 0 Å². The van der Waals surface area contributed by atoms with E-state index in [1.54, 1.807) is 0 Å². The molecule has 0 aromatic carbocycles. The Labute approximate surface area is 112 Å². The zero-order valence-corrected chi connectivity index (χ0v) is 11.4. The van der Waals surface area contributed by atoms with Gasteiger partial charge in [0.25, 0.3) is 0 Å². The van der Waals surface area contributed by atoms with Crippen LogP contribution < -0.4 is 16.4 Å². The number of urea groups is 1. The minimum absolute atomic E-state index is 0.0881. The van der Waals surface area contributed by atoms with Crippen LogP contribution in [0.1, 0.15) is 39.5 Å². The Morgan fingerprint density at radius 3 is 2.32 bits per heavy atom. The number of amides is 3. The van der Waals surface area contributed by atoms with E-state index >= 15 is 0 Å². The van der Waals surface area contributed by atoms with Gasteiger partial charge in [0, 0.05) is 13.0 Å². The second kappa shape index (κ2) is 9.18. The number of nitrogens with two attached hydrogens (primary N) is 1. The van der Waals surface area contributed by atoms with Gasteiger partial charge in [-0.3, -0.25) is 9.59 Å². The number of unbranched alkanes of at least 4 members (excludes halogenated alkanes) is 1. The lowest BCUT2D eigenvalue weighted by atomic mass is 10.0. The predicted octanol–water partition coefficient (Wildman–Crippen LogP) is 0.441. The van der Waals surface area contributed by atoms with E-state index in [1.807, 2.05) is 13.8 Å². The topological polar surface area (TPSA) is 122 Å². The predicted molar refractivity (Wildman–Crippen MR) is 70.5 cm³/mol. The monoisotopic (exact) mass is 273 g/mol. The lowest BCUT2D eigenvalue weighted by Crippen LogP contribution is -2.49. The molecule has 0 aliphatic heterocycles. The molecule has 1 unspecified atom stereocenters. The summed E-state index contributed by atoms with van der Waals surface area (Å²) in [7, 11) is 0. The standard InChI is InChI=1S/C12H23N3O4/c1-8(2)7-9(15-12(13)19)11(18)14-6-4-3-5-10(16)17/h8-9H,3-7H2,1-2H3,(H,14,18)(H,16,17)(H3,13,15,19). The van der Waals surface area contributed by atoms with Gasteiger partial charge >= 0.3 is 12.0 Å². The van der Waals surface area contributed by atoms with Crippen LogP contribution in [-0.2, 0) is 9.59 Å². The molecule has 7 heteroatoms. The molecular formula is C12H23N3O4. The number of aliphatic carboxylic acids is 1. The van der Waals surface area contributed by atoms with Crippen LogP contribution in [0.4, 0.5) is 4.79 Å². The average molecular weight is 273 g/mol. The second-order valence-electron chi connectivity index (χ2n) is 4.83. The normalized spacial score (nSPS) is 11.9. The molecule has 0 saturated heterocycles. The fraction of sp³-hybridized carbons (Fsp3) is 0.750. The Kier molecular flexibility index (Phi) is 8.32. The summed E-state index contributed by atoms with van der Waals surface area (Å²) in [6.45, 7) is 4.27. The van der Waals surface area contributed by atoms with Crippen LogP contribution >= 0.6 is 0 Å². The highest BCUT2D eigenvalue weighted by atomic mass is 16.4. The van der Waals surface area contributed by atoms with Gasteiger partial charge in [0.05, 0.1) is 0 Å². The van der Waals surface area contributed by atoms with Crippen LogP contribution in [0, 0.1) is 5.92 Å². The Balaban J connectivity index is 4.03. The van der Waals surface area contributed by atoms with Crippen molar-refractivity contribution < 1.29 is 19.5 Å². The molecule has 0 bridgehead atoms. The van der Waals surface area contributed by atoms with Crippen molar-refractivity contribution in [1.29, 1.82) is 0 Å². The fourth-order valence-corrected chi connectivity index (χ4v) is 1.61. The number of carbonyl (C=O) groups is 3. The highest BCUT2D eigenvalue weighted by Gasteiger charge is 2.20. The molecule has 0 heterocycles. The number of primary amides is 1. The molecule has 0 aliphatic carbocycles. The molecule has 3 amide bonds. The molecule has 1 atom stereocenters. The molecule has 0 fully saturated rings. The summed E-state index contributed by atoms with van der Waals surface area (Å²) in [5, 5.41) is 13.5. The van der Waals surface area contributed by atoms with Gasteiger partial charge in [-0.05, 0) is 25.2 Å². The summed E-state index contributed by atoms with van der Waals surface area (Å²) in [5.41, 5.74) is 5.02. The summed E-state index contributed by atoms with van der Waals surface area (Å²) < 4.78 is 0. The van der Waals surface area contributed by atoms with Gasteiger partial charge in [0.2, 0.25) is 5.91 Å². The first kappa shape index (κ1) is 17.2. The molecule has 0 saturated carbocycles. The Hall–Kier alpha value is -1.79. The van der Waals surface area contributed by atoms with Crippen molar-refractivity contribution >= 4 is 17.9 Å². The number of carboxylic acids is 1. The van der Waals surface area contributed by atoms with Crippen LogP contribution in [-0.4, -0.2) is 35.6 Å². The molecule has 5 N–H and O–H groups in total. The van der Waals surface area contributed by atoms with E-state index in [0.717, 1.165) is 0 Å². The number of hydrogen-bond donors (Lipinski definition) is 4. The van der Waals surface area contributed by atoms with Crippen molar-refractivity contribution in [2.45, 2.75) is 45.6 Å². The maximum absolute atomic E-state index is 11.8. The van der Waals surface area contributed by atoms with E-state index in [-0.39, 0.29) is 18.2 Å². The molecule has 19 heavy (non-hydrogen) atoms. The number of rotatable bonds is 9. The second-order valence-corrected chi connectivity index (χ2v) is 4.83. The zero-order valence-electron chi connectivity index (χ0n) is 11.4. The van der Waals surface area contributed by atoms with Crippen molar-refractivity contribution in [3.8, 4) is 0 Å². The first-order valence-corrected chi connectivity index (χ1v) is 6.38. The van der Waals surface area contributed by atoms with E-state index < -0.39 is 18.0 Å². The van der Waals surface area contributed by atoms with Crippen LogP contribution in [0.25, 0.3) is 0 Å². The largest absolute Gasteiger partial charge is 0.481 e. The summed E-state index contributed by atoms with van der Waals surface area (Å²) >= 11 is 0. The third kappa shape index (κ3) is 9.87.